The average Bonchev–Trinajstić information content (AvgIpc) is 2.59. The van der Waals surface area contributed by atoms with Gasteiger partial charge in [-0.3, -0.25) is 4.98 Å². The molecule has 1 aliphatic rings. The first-order valence-electron chi connectivity index (χ1n) is 5.00. The standard InChI is InChI=1S/C11H9BF3NO/c1-5-4-17-9-7(5)3-8(16-10(9)12)6(2)11(13,14)15/h3,5H,2,4H2,1H3/t5-/m1/s1. The predicted octanol–water partition coefficient (Wildman–Crippen LogP) is 1.95. The van der Waals surface area contributed by atoms with Crippen molar-refractivity contribution in [1.82, 2.24) is 4.98 Å². The molecule has 2 nitrogen and oxygen atoms in total. The molecule has 2 rings (SSSR count). The fourth-order valence-electron chi connectivity index (χ4n) is 1.69. The van der Waals surface area contributed by atoms with E-state index in [9.17, 15) is 13.2 Å². The minimum atomic E-state index is -4.50. The van der Waals surface area contributed by atoms with E-state index in [0.29, 0.717) is 17.9 Å². The van der Waals surface area contributed by atoms with Crippen LogP contribution in [0.2, 0.25) is 0 Å². The van der Waals surface area contributed by atoms with Crippen molar-refractivity contribution in [1.29, 1.82) is 0 Å². The first kappa shape index (κ1) is 12.0. The van der Waals surface area contributed by atoms with E-state index >= 15 is 0 Å². The van der Waals surface area contributed by atoms with Crippen molar-refractivity contribution < 1.29 is 17.9 Å². The normalized spacial score (nSPS) is 18.7. The van der Waals surface area contributed by atoms with E-state index in [-0.39, 0.29) is 17.2 Å². The highest BCUT2D eigenvalue weighted by Crippen LogP contribution is 2.36. The van der Waals surface area contributed by atoms with Crippen LogP contribution >= 0.6 is 0 Å². The predicted molar refractivity (Wildman–Crippen MR) is 58.6 cm³/mol. The van der Waals surface area contributed by atoms with Crippen LogP contribution in [0.25, 0.3) is 5.57 Å². The Morgan fingerprint density at radius 3 is 2.82 bits per heavy atom. The van der Waals surface area contributed by atoms with Crippen LogP contribution in [0.3, 0.4) is 0 Å². The maximum Gasteiger partial charge on any atom is 0.417 e. The number of alkyl halides is 3. The molecule has 0 aromatic carbocycles. The van der Waals surface area contributed by atoms with Crippen LogP contribution < -0.4 is 10.3 Å². The second-order valence-electron chi connectivity index (χ2n) is 4.00. The Balaban J connectivity index is 2.49. The van der Waals surface area contributed by atoms with Crippen LogP contribution in [0.15, 0.2) is 12.6 Å². The molecule has 1 aromatic rings. The van der Waals surface area contributed by atoms with E-state index < -0.39 is 11.7 Å². The van der Waals surface area contributed by atoms with Crippen molar-refractivity contribution in [3.63, 3.8) is 0 Å². The van der Waals surface area contributed by atoms with Gasteiger partial charge in [0.15, 0.2) is 0 Å². The molecule has 0 unspecified atom stereocenters. The summed E-state index contributed by atoms with van der Waals surface area (Å²) in [5, 5.41) is 0. The van der Waals surface area contributed by atoms with E-state index in [4.69, 9.17) is 12.6 Å². The fourth-order valence-corrected chi connectivity index (χ4v) is 1.69. The fraction of sp³-hybridized carbons (Fsp3) is 0.364. The summed E-state index contributed by atoms with van der Waals surface area (Å²) in [4.78, 5) is 3.68. The van der Waals surface area contributed by atoms with Gasteiger partial charge in [-0.2, -0.15) is 13.2 Å². The molecule has 0 bridgehead atoms. The van der Waals surface area contributed by atoms with Crippen LogP contribution in [0.1, 0.15) is 24.1 Å². The topological polar surface area (TPSA) is 22.1 Å². The molecule has 0 N–H and O–H groups in total. The molecule has 6 heteroatoms. The number of allylic oxidation sites excluding steroid dienone is 1. The van der Waals surface area contributed by atoms with E-state index in [1.807, 2.05) is 6.92 Å². The number of halogens is 3. The third-order valence-corrected chi connectivity index (χ3v) is 2.69. The van der Waals surface area contributed by atoms with E-state index in [1.165, 1.54) is 6.07 Å². The smallest absolute Gasteiger partial charge is 0.417 e. The summed E-state index contributed by atoms with van der Waals surface area (Å²) in [6.07, 6.45) is -4.50. The molecule has 1 aromatic heterocycles. The largest absolute Gasteiger partial charge is 0.492 e. The van der Waals surface area contributed by atoms with Crippen molar-refractivity contribution in [3.8, 4) is 5.75 Å². The molecule has 1 aliphatic heterocycles. The Morgan fingerprint density at radius 2 is 2.24 bits per heavy atom. The highest BCUT2D eigenvalue weighted by atomic mass is 19.4. The molecular weight excluding hydrogens is 230 g/mol. The Hall–Kier alpha value is -1.46. The zero-order valence-corrected chi connectivity index (χ0v) is 9.14. The molecule has 2 radical (unpaired) electrons. The zero-order valence-electron chi connectivity index (χ0n) is 9.14. The summed E-state index contributed by atoms with van der Waals surface area (Å²) in [5.41, 5.74) is -0.609. The number of hydrogen-bond donors (Lipinski definition) is 0. The summed E-state index contributed by atoms with van der Waals surface area (Å²) < 4.78 is 42.8. The van der Waals surface area contributed by atoms with Crippen molar-refractivity contribution in [3.05, 3.63) is 23.9 Å². The van der Waals surface area contributed by atoms with E-state index in [0.717, 1.165) is 0 Å². The molecule has 0 fully saturated rings. The lowest BCUT2D eigenvalue weighted by atomic mass is 9.94. The Morgan fingerprint density at radius 1 is 1.59 bits per heavy atom. The molecule has 0 saturated heterocycles. The highest BCUT2D eigenvalue weighted by molar-refractivity contribution is 6.32. The first-order valence-corrected chi connectivity index (χ1v) is 5.00. The molecule has 0 aliphatic carbocycles. The van der Waals surface area contributed by atoms with Crippen LogP contribution in [-0.4, -0.2) is 25.6 Å². The number of rotatable bonds is 1. The van der Waals surface area contributed by atoms with Crippen LogP contribution in [0.4, 0.5) is 13.2 Å². The quantitative estimate of drug-likeness (QED) is 0.698. The van der Waals surface area contributed by atoms with Crippen molar-refractivity contribution in [2.75, 3.05) is 6.61 Å². The Kier molecular flexibility index (Phi) is 2.68. The Labute approximate surface area is 97.9 Å². The van der Waals surface area contributed by atoms with Crippen molar-refractivity contribution in [2.24, 2.45) is 0 Å². The molecule has 0 saturated carbocycles. The van der Waals surface area contributed by atoms with E-state index in [1.54, 1.807) is 0 Å². The molecular formula is C11H9BF3NO. The maximum absolute atomic E-state index is 12.5. The third-order valence-electron chi connectivity index (χ3n) is 2.69. The maximum atomic E-state index is 12.5. The lowest BCUT2D eigenvalue weighted by molar-refractivity contribution is -0.0688. The van der Waals surface area contributed by atoms with Crippen LogP contribution in [0, 0.1) is 0 Å². The van der Waals surface area contributed by atoms with Crippen LogP contribution in [0.5, 0.6) is 5.75 Å². The van der Waals surface area contributed by atoms with Crippen molar-refractivity contribution >= 4 is 19.0 Å². The molecule has 1 atom stereocenters. The van der Waals surface area contributed by atoms with Gasteiger partial charge >= 0.3 is 6.18 Å². The molecule has 0 spiro atoms. The minimum absolute atomic E-state index is 0.00934. The first-order chi connectivity index (χ1) is 7.80. The average molecular weight is 239 g/mol. The van der Waals surface area contributed by atoms with Gasteiger partial charge in [-0.15, -0.1) is 0 Å². The molecule has 17 heavy (non-hydrogen) atoms. The highest BCUT2D eigenvalue weighted by Gasteiger charge is 2.35. The van der Waals surface area contributed by atoms with E-state index in [2.05, 4.69) is 11.6 Å². The van der Waals surface area contributed by atoms with Gasteiger partial charge in [0, 0.05) is 17.1 Å². The van der Waals surface area contributed by atoms with Gasteiger partial charge in [-0.05, 0) is 6.07 Å². The SMILES string of the molecule is [B]c1nc(C(=C)C(F)(F)F)cc2c1OC[C@H]2C. The number of fused-ring (bicyclic) bond motifs is 1. The Bertz CT molecular complexity index is 484. The lowest BCUT2D eigenvalue weighted by Gasteiger charge is -2.12. The van der Waals surface area contributed by atoms with Gasteiger partial charge in [0.05, 0.1) is 17.9 Å². The monoisotopic (exact) mass is 239 g/mol. The number of pyridine rings is 1. The minimum Gasteiger partial charge on any atom is -0.492 e. The molecule has 88 valence electrons. The van der Waals surface area contributed by atoms with Gasteiger partial charge < -0.3 is 4.74 Å². The van der Waals surface area contributed by atoms with Gasteiger partial charge in [0.25, 0.3) is 0 Å². The summed E-state index contributed by atoms with van der Waals surface area (Å²) >= 11 is 0. The van der Waals surface area contributed by atoms with Crippen molar-refractivity contribution in [2.45, 2.75) is 19.0 Å². The van der Waals surface area contributed by atoms with Gasteiger partial charge in [0.1, 0.15) is 13.6 Å². The number of ether oxygens (including phenoxy) is 1. The second-order valence-corrected chi connectivity index (χ2v) is 4.00. The summed E-state index contributed by atoms with van der Waals surface area (Å²) in [5.74, 6) is 0.395. The second kappa shape index (κ2) is 3.79. The summed E-state index contributed by atoms with van der Waals surface area (Å²) in [6.45, 7) is 5.26. The molecule has 0 amide bonds. The summed E-state index contributed by atoms with van der Waals surface area (Å²) in [6, 6.07) is 1.35. The lowest BCUT2D eigenvalue weighted by Crippen LogP contribution is -2.18. The van der Waals surface area contributed by atoms with Gasteiger partial charge in [-0.25, -0.2) is 0 Å². The van der Waals surface area contributed by atoms with Gasteiger partial charge in [-0.1, -0.05) is 13.5 Å². The molecule has 2 heterocycles. The number of aromatic nitrogens is 1. The number of nitrogens with zero attached hydrogens (tertiary/aromatic N) is 1. The van der Waals surface area contributed by atoms with Crippen LogP contribution in [-0.2, 0) is 0 Å². The third kappa shape index (κ3) is 2.03. The van der Waals surface area contributed by atoms with Gasteiger partial charge in [0.2, 0.25) is 0 Å². The summed E-state index contributed by atoms with van der Waals surface area (Å²) in [7, 11) is 5.57. The zero-order chi connectivity index (χ0) is 12.8. The number of hydrogen-bond acceptors (Lipinski definition) is 2.